The molecule has 0 aliphatic rings. The lowest BCUT2D eigenvalue weighted by molar-refractivity contribution is 0.102. The summed E-state index contributed by atoms with van der Waals surface area (Å²) in [5.74, 6) is 2.00. The molecule has 6 nitrogen and oxygen atoms in total. The van der Waals surface area contributed by atoms with Gasteiger partial charge in [0.25, 0.3) is 5.91 Å². The average Bonchev–Trinajstić information content (AvgIpc) is 2.77. The maximum atomic E-state index is 12.7. The van der Waals surface area contributed by atoms with E-state index in [-0.39, 0.29) is 11.7 Å². The van der Waals surface area contributed by atoms with E-state index in [9.17, 15) is 4.79 Å². The quantitative estimate of drug-likeness (QED) is 0.448. The number of nitrogens with zero attached hydrogens (tertiary/aromatic N) is 1. The Kier molecular flexibility index (Phi) is 7.84. The minimum absolute atomic E-state index is 0.178. The second-order valence-electron chi connectivity index (χ2n) is 8.06. The highest BCUT2D eigenvalue weighted by Crippen LogP contribution is 2.25. The molecule has 3 aromatic rings. The number of pyridine rings is 1. The van der Waals surface area contributed by atoms with Gasteiger partial charge in [0.05, 0.1) is 17.9 Å². The predicted molar refractivity (Wildman–Crippen MR) is 128 cm³/mol. The number of aryl methyl sites for hydroxylation is 1. The van der Waals surface area contributed by atoms with E-state index in [1.54, 1.807) is 25.3 Å². The van der Waals surface area contributed by atoms with E-state index in [0.717, 1.165) is 29.8 Å². The summed E-state index contributed by atoms with van der Waals surface area (Å²) in [6, 6.07) is 17.1. The smallest absolute Gasteiger partial charge is 0.259 e. The van der Waals surface area contributed by atoms with Crippen molar-refractivity contribution in [1.82, 2.24) is 4.98 Å². The van der Waals surface area contributed by atoms with E-state index < -0.39 is 0 Å². The number of nitrogen functional groups attached to an aromatic ring is 1. The average molecular weight is 434 g/mol. The number of anilines is 2. The van der Waals surface area contributed by atoms with Crippen LogP contribution < -0.4 is 15.8 Å². The number of amides is 1. The molecule has 0 saturated carbocycles. The van der Waals surface area contributed by atoms with Crippen molar-refractivity contribution in [2.75, 3.05) is 18.2 Å². The SMILES string of the molecule is CCC(C)Cc1cccc(Oc2ccc(NC(=O)c3cc(C)c(COC)nc3N)cc2)c1. The standard InChI is InChI=1S/C26H31N3O3/c1-5-17(2)13-19-7-6-8-22(15-19)32-21-11-9-20(10-12-21)28-26(30)23-14-18(3)24(16-31-4)29-25(23)27/h6-12,14-15,17H,5,13,16H2,1-4H3,(H2,27,29)(H,28,30). The third kappa shape index (κ3) is 6.08. The second kappa shape index (κ2) is 10.8. The topological polar surface area (TPSA) is 86.5 Å². The fraction of sp³-hybridized carbons (Fsp3) is 0.308. The Morgan fingerprint density at radius 2 is 1.88 bits per heavy atom. The zero-order chi connectivity index (χ0) is 23.1. The van der Waals surface area contributed by atoms with Crippen LogP contribution in [0.2, 0.25) is 0 Å². The van der Waals surface area contributed by atoms with Gasteiger partial charge in [0.15, 0.2) is 0 Å². The zero-order valence-corrected chi connectivity index (χ0v) is 19.1. The summed E-state index contributed by atoms with van der Waals surface area (Å²) in [6.45, 7) is 6.68. The lowest BCUT2D eigenvalue weighted by Gasteiger charge is -2.12. The van der Waals surface area contributed by atoms with Crippen LogP contribution in [0.25, 0.3) is 0 Å². The molecule has 0 radical (unpaired) electrons. The molecule has 0 bridgehead atoms. The number of nitrogens with one attached hydrogen (secondary N) is 1. The van der Waals surface area contributed by atoms with Crippen molar-refractivity contribution in [1.29, 1.82) is 0 Å². The van der Waals surface area contributed by atoms with Gasteiger partial charge in [0, 0.05) is 12.8 Å². The van der Waals surface area contributed by atoms with Gasteiger partial charge < -0.3 is 20.5 Å². The number of nitrogens with two attached hydrogens (primary N) is 1. The van der Waals surface area contributed by atoms with E-state index in [1.807, 2.05) is 31.2 Å². The molecule has 1 heterocycles. The van der Waals surface area contributed by atoms with Crippen LogP contribution in [0, 0.1) is 12.8 Å². The van der Waals surface area contributed by atoms with Gasteiger partial charge in [-0.1, -0.05) is 32.4 Å². The Bertz CT molecular complexity index is 1060. The molecule has 1 amide bonds. The third-order valence-electron chi connectivity index (χ3n) is 5.40. The number of hydrogen-bond acceptors (Lipinski definition) is 5. The molecule has 32 heavy (non-hydrogen) atoms. The molecule has 3 N–H and O–H groups in total. The summed E-state index contributed by atoms with van der Waals surface area (Å²) in [5.41, 5.74) is 9.80. The minimum atomic E-state index is -0.312. The fourth-order valence-corrected chi connectivity index (χ4v) is 3.36. The van der Waals surface area contributed by atoms with Crippen molar-refractivity contribution in [3.05, 3.63) is 77.0 Å². The summed E-state index contributed by atoms with van der Waals surface area (Å²) in [5, 5.41) is 2.86. The molecule has 1 atom stereocenters. The lowest BCUT2D eigenvalue weighted by Crippen LogP contribution is -2.16. The van der Waals surface area contributed by atoms with E-state index in [4.69, 9.17) is 15.2 Å². The first-order chi connectivity index (χ1) is 15.4. The van der Waals surface area contributed by atoms with Crippen LogP contribution in [-0.2, 0) is 17.8 Å². The molecule has 1 aromatic heterocycles. The normalized spacial score (nSPS) is 11.8. The molecule has 2 aromatic carbocycles. The van der Waals surface area contributed by atoms with Crippen LogP contribution in [-0.4, -0.2) is 18.0 Å². The van der Waals surface area contributed by atoms with Crippen LogP contribution >= 0.6 is 0 Å². The summed E-state index contributed by atoms with van der Waals surface area (Å²) in [4.78, 5) is 17.0. The zero-order valence-electron chi connectivity index (χ0n) is 19.1. The fourth-order valence-electron chi connectivity index (χ4n) is 3.36. The van der Waals surface area contributed by atoms with Crippen molar-refractivity contribution in [3.8, 4) is 11.5 Å². The molecular formula is C26H31N3O3. The van der Waals surface area contributed by atoms with Gasteiger partial charge in [0.2, 0.25) is 0 Å². The van der Waals surface area contributed by atoms with E-state index in [1.165, 1.54) is 5.56 Å². The lowest BCUT2D eigenvalue weighted by atomic mass is 9.99. The van der Waals surface area contributed by atoms with Gasteiger partial charge >= 0.3 is 0 Å². The molecule has 1 unspecified atom stereocenters. The van der Waals surface area contributed by atoms with Crippen LogP contribution in [0.15, 0.2) is 54.6 Å². The summed E-state index contributed by atoms with van der Waals surface area (Å²) in [6.07, 6.45) is 2.18. The molecule has 0 aliphatic heterocycles. The van der Waals surface area contributed by atoms with Crippen LogP contribution in [0.3, 0.4) is 0 Å². The van der Waals surface area contributed by atoms with Gasteiger partial charge in [-0.3, -0.25) is 4.79 Å². The van der Waals surface area contributed by atoms with E-state index in [2.05, 4.69) is 36.3 Å². The number of ether oxygens (including phenoxy) is 2. The Balaban J connectivity index is 1.66. The molecule has 168 valence electrons. The van der Waals surface area contributed by atoms with Crippen molar-refractivity contribution in [2.45, 2.75) is 40.2 Å². The minimum Gasteiger partial charge on any atom is -0.457 e. The Hall–Kier alpha value is -3.38. The van der Waals surface area contributed by atoms with E-state index >= 15 is 0 Å². The molecular weight excluding hydrogens is 402 g/mol. The van der Waals surface area contributed by atoms with Gasteiger partial charge in [0.1, 0.15) is 17.3 Å². The summed E-state index contributed by atoms with van der Waals surface area (Å²) < 4.78 is 11.1. The largest absolute Gasteiger partial charge is 0.457 e. The van der Waals surface area contributed by atoms with Crippen molar-refractivity contribution in [2.24, 2.45) is 5.92 Å². The molecule has 0 spiro atoms. The molecule has 0 aliphatic carbocycles. The van der Waals surface area contributed by atoms with Crippen LogP contribution in [0.5, 0.6) is 11.5 Å². The number of rotatable bonds is 9. The molecule has 0 saturated heterocycles. The first-order valence-electron chi connectivity index (χ1n) is 10.8. The van der Waals surface area contributed by atoms with Gasteiger partial charge in [-0.05, 0) is 72.9 Å². The van der Waals surface area contributed by atoms with Crippen molar-refractivity contribution in [3.63, 3.8) is 0 Å². The number of benzene rings is 2. The maximum absolute atomic E-state index is 12.7. The first kappa shape index (κ1) is 23.3. The molecule has 0 fully saturated rings. The van der Waals surface area contributed by atoms with Crippen molar-refractivity contribution < 1.29 is 14.3 Å². The molecule has 3 rings (SSSR count). The maximum Gasteiger partial charge on any atom is 0.259 e. The highest BCUT2D eigenvalue weighted by atomic mass is 16.5. The number of methoxy groups -OCH3 is 1. The van der Waals surface area contributed by atoms with Gasteiger partial charge in [-0.2, -0.15) is 0 Å². The monoisotopic (exact) mass is 433 g/mol. The number of carbonyl (C=O) groups is 1. The molecule has 6 heteroatoms. The van der Waals surface area contributed by atoms with Crippen molar-refractivity contribution >= 4 is 17.4 Å². The Morgan fingerprint density at radius 3 is 2.56 bits per heavy atom. The van der Waals surface area contributed by atoms with Gasteiger partial charge in [-0.25, -0.2) is 4.98 Å². The highest BCUT2D eigenvalue weighted by Gasteiger charge is 2.14. The van der Waals surface area contributed by atoms with E-state index in [0.29, 0.717) is 29.5 Å². The number of carbonyl (C=O) groups excluding carboxylic acids is 1. The first-order valence-corrected chi connectivity index (χ1v) is 10.8. The number of aromatic nitrogens is 1. The Labute approximate surface area is 189 Å². The second-order valence-corrected chi connectivity index (χ2v) is 8.06. The third-order valence-corrected chi connectivity index (χ3v) is 5.40. The van der Waals surface area contributed by atoms with Gasteiger partial charge in [-0.15, -0.1) is 0 Å². The highest BCUT2D eigenvalue weighted by molar-refractivity contribution is 6.07. The number of hydrogen-bond donors (Lipinski definition) is 2. The van der Waals surface area contributed by atoms with Crippen LogP contribution in [0.1, 0.15) is 47.4 Å². The summed E-state index contributed by atoms with van der Waals surface area (Å²) >= 11 is 0. The Morgan fingerprint density at radius 1 is 1.12 bits per heavy atom. The predicted octanol–water partition coefficient (Wildman–Crippen LogP) is 5.75. The van der Waals surface area contributed by atoms with Crippen LogP contribution in [0.4, 0.5) is 11.5 Å². The summed E-state index contributed by atoms with van der Waals surface area (Å²) in [7, 11) is 1.59.